The fourth-order valence-corrected chi connectivity index (χ4v) is 3.96. The van der Waals surface area contributed by atoms with Crippen LogP contribution in [0, 0.1) is 6.92 Å². The zero-order valence-electron chi connectivity index (χ0n) is 18.1. The Labute approximate surface area is 186 Å². The Kier molecular flexibility index (Phi) is 6.03. The minimum absolute atomic E-state index is 0.0427. The molecule has 0 bridgehead atoms. The van der Waals surface area contributed by atoms with Crippen LogP contribution in [0.15, 0.2) is 66.7 Å². The monoisotopic (exact) mass is 428 g/mol. The largest absolute Gasteiger partial charge is 0.465 e. The van der Waals surface area contributed by atoms with Crippen LogP contribution in [0.2, 0.25) is 0 Å². The van der Waals surface area contributed by atoms with Gasteiger partial charge in [0, 0.05) is 23.4 Å². The van der Waals surface area contributed by atoms with Crippen LogP contribution in [-0.4, -0.2) is 31.4 Å². The lowest BCUT2D eigenvalue weighted by molar-refractivity contribution is 0.0601. The van der Waals surface area contributed by atoms with Crippen LogP contribution in [0.3, 0.4) is 0 Å². The predicted octanol–water partition coefficient (Wildman–Crippen LogP) is 4.63. The highest BCUT2D eigenvalue weighted by Gasteiger charge is 2.25. The number of para-hydroxylation sites is 1. The van der Waals surface area contributed by atoms with Gasteiger partial charge in [-0.05, 0) is 67.8 Å². The summed E-state index contributed by atoms with van der Waals surface area (Å²) in [4.78, 5) is 39.8. The fraction of sp³-hybridized carbons (Fsp3) is 0.192. The summed E-state index contributed by atoms with van der Waals surface area (Å²) in [7, 11) is 1.30. The highest BCUT2D eigenvalue weighted by molar-refractivity contribution is 6.09. The Bertz CT molecular complexity index is 1200. The van der Waals surface area contributed by atoms with E-state index in [0.717, 1.165) is 29.7 Å². The maximum atomic E-state index is 13.1. The van der Waals surface area contributed by atoms with E-state index in [1.54, 1.807) is 35.2 Å². The Morgan fingerprint density at radius 1 is 0.938 bits per heavy atom. The van der Waals surface area contributed by atoms with Crippen molar-refractivity contribution in [2.45, 2.75) is 19.8 Å². The molecule has 0 fully saturated rings. The molecule has 0 aromatic heterocycles. The van der Waals surface area contributed by atoms with E-state index in [0.29, 0.717) is 23.4 Å². The number of rotatable bonds is 4. The molecule has 0 saturated heterocycles. The van der Waals surface area contributed by atoms with E-state index >= 15 is 0 Å². The number of hydrogen-bond acceptors (Lipinski definition) is 4. The van der Waals surface area contributed by atoms with E-state index in [9.17, 15) is 14.4 Å². The van der Waals surface area contributed by atoms with E-state index < -0.39 is 5.97 Å². The Hall–Kier alpha value is -3.93. The van der Waals surface area contributed by atoms with Crippen LogP contribution >= 0.6 is 0 Å². The molecule has 0 spiro atoms. The molecule has 3 aromatic carbocycles. The number of benzene rings is 3. The second-order valence-electron chi connectivity index (χ2n) is 7.76. The van der Waals surface area contributed by atoms with Crippen molar-refractivity contribution in [2.24, 2.45) is 0 Å². The van der Waals surface area contributed by atoms with E-state index in [2.05, 4.69) is 5.32 Å². The minimum atomic E-state index is -0.517. The molecule has 1 aliphatic heterocycles. The average molecular weight is 428 g/mol. The van der Waals surface area contributed by atoms with E-state index in [1.807, 2.05) is 43.3 Å². The number of carbonyl (C=O) groups excluding carboxylic acids is 3. The molecule has 1 N–H and O–H groups in total. The second-order valence-corrected chi connectivity index (χ2v) is 7.76. The number of aryl methyl sites for hydroxylation is 2. The molecule has 1 heterocycles. The van der Waals surface area contributed by atoms with Gasteiger partial charge in [-0.15, -0.1) is 0 Å². The van der Waals surface area contributed by atoms with Gasteiger partial charge in [-0.25, -0.2) is 4.79 Å². The highest BCUT2D eigenvalue weighted by atomic mass is 16.5. The maximum absolute atomic E-state index is 13.1. The van der Waals surface area contributed by atoms with Crippen molar-refractivity contribution in [1.29, 1.82) is 0 Å². The van der Waals surface area contributed by atoms with Gasteiger partial charge in [-0.3, -0.25) is 9.59 Å². The Balaban J connectivity index is 1.58. The van der Waals surface area contributed by atoms with E-state index in [-0.39, 0.29) is 17.4 Å². The van der Waals surface area contributed by atoms with Gasteiger partial charge < -0.3 is 15.0 Å². The van der Waals surface area contributed by atoms with Crippen molar-refractivity contribution in [3.8, 4) is 0 Å². The first kappa shape index (κ1) is 21.3. The van der Waals surface area contributed by atoms with Crippen molar-refractivity contribution in [2.75, 3.05) is 23.9 Å². The van der Waals surface area contributed by atoms with Gasteiger partial charge in [0.05, 0.1) is 18.4 Å². The summed E-state index contributed by atoms with van der Waals surface area (Å²) in [5.41, 5.74) is 4.61. The first-order valence-electron chi connectivity index (χ1n) is 10.5. The lowest BCUT2D eigenvalue weighted by Crippen LogP contribution is -2.35. The van der Waals surface area contributed by atoms with Crippen LogP contribution in [0.1, 0.15) is 48.6 Å². The molecule has 1 aliphatic rings. The van der Waals surface area contributed by atoms with Crippen LogP contribution < -0.4 is 10.2 Å². The standard InChI is InChI=1S/C26H24N2O4/c1-17-7-5-8-20(15-17)25(30)28-14-6-9-18-16-19(12-13-23(18)28)24(29)27-22-11-4-3-10-21(22)26(31)32-2/h3-5,7-8,10-13,15-16H,6,9,14H2,1-2H3,(H,27,29). The number of amides is 2. The van der Waals surface area contributed by atoms with Crippen molar-refractivity contribution in [3.05, 3.63) is 94.5 Å². The third-order valence-corrected chi connectivity index (χ3v) is 5.55. The molecule has 6 heteroatoms. The molecule has 0 atom stereocenters. The normalized spacial score (nSPS) is 12.6. The molecule has 3 aromatic rings. The topological polar surface area (TPSA) is 75.7 Å². The van der Waals surface area contributed by atoms with Gasteiger partial charge in [-0.2, -0.15) is 0 Å². The fourth-order valence-electron chi connectivity index (χ4n) is 3.96. The smallest absolute Gasteiger partial charge is 0.339 e. The number of anilines is 2. The van der Waals surface area contributed by atoms with Crippen molar-refractivity contribution in [1.82, 2.24) is 0 Å². The first-order valence-corrected chi connectivity index (χ1v) is 10.5. The van der Waals surface area contributed by atoms with Gasteiger partial charge in [-0.1, -0.05) is 29.8 Å². The SMILES string of the molecule is COC(=O)c1ccccc1NC(=O)c1ccc2c(c1)CCCN2C(=O)c1cccc(C)c1. The van der Waals surface area contributed by atoms with Gasteiger partial charge in [0.1, 0.15) is 0 Å². The minimum Gasteiger partial charge on any atom is -0.465 e. The molecule has 6 nitrogen and oxygen atoms in total. The average Bonchev–Trinajstić information content (AvgIpc) is 2.82. The van der Waals surface area contributed by atoms with Crippen molar-refractivity contribution in [3.63, 3.8) is 0 Å². The summed E-state index contributed by atoms with van der Waals surface area (Å²) >= 11 is 0. The number of methoxy groups -OCH3 is 1. The van der Waals surface area contributed by atoms with Crippen LogP contribution in [0.5, 0.6) is 0 Å². The molecule has 0 unspecified atom stereocenters. The molecule has 32 heavy (non-hydrogen) atoms. The molecule has 0 aliphatic carbocycles. The summed E-state index contributed by atoms with van der Waals surface area (Å²) in [5.74, 6) is -0.887. The van der Waals surface area contributed by atoms with Crippen LogP contribution in [-0.2, 0) is 11.2 Å². The summed E-state index contributed by atoms with van der Waals surface area (Å²) in [5, 5.41) is 2.79. The third kappa shape index (κ3) is 4.25. The van der Waals surface area contributed by atoms with Crippen LogP contribution in [0.25, 0.3) is 0 Å². The molecule has 0 saturated carbocycles. The molecular formula is C26H24N2O4. The zero-order chi connectivity index (χ0) is 22.7. The number of fused-ring (bicyclic) bond motifs is 1. The van der Waals surface area contributed by atoms with Gasteiger partial charge in [0.25, 0.3) is 11.8 Å². The van der Waals surface area contributed by atoms with E-state index in [4.69, 9.17) is 4.74 Å². The Morgan fingerprint density at radius 3 is 2.53 bits per heavy atom. The molecule has 0 radical (unpaired) electrons. The summed E-state index contributed by atoms with van der Waals surface area (Å²) in [6.07, 6.45) is 1.60. The number of esters is 1. The number of ether oxygens (including phenoxy) is 1. The highest BCUT2D eigenvalue weighted by Crippen LogP contribution is 2.30. The van der Waals surface area contributed by atoms with Gasteiger partial charge >= 0.3 is 5.97 Å². The third-order valence-electron chi connectivity index (χ3n) is 5.55. The number of nitrogens with zero attached hydrogens (tertiary/aromatic N) is 1. The van der Waals surface area contributed by atoms with Crippen LogP contribution in [0.4, 0.5) is 11.4 Å². The second kappa shape index (κ2) is 9.06. The molecular weight excluding hydrogens is 404 g/mol. The lowest BCUT2D eigenvalue weighted by atomic mass is 9.97. The zero-order valence-corrected chi connectivity index (χ0v) is 18.1. The van der Waals surface area contributed by atoms with Crippen molar-refractivity contribution >= 4 is 29.2 Å². The summed E-state index contributed by atoms with van der Waals surface area (Å²) in [6, 6.07) is 19.6. The number of nitrogens with one attached hydrogen (secondary N) is 1. The quantitative estimate of drug-likeness (QED) is 0.615. The maximum Gasteiger partial charge on any atom is 0.339 e. The molecule has 162 valence electrons. The van der Waals surface area contributed by atoms with E-state index in [1.165, 1.54) is 7.11 Å². The van der Waals surface area contributed by atoms with Gasteiger partial charge in [0.15, 0.2) is 0 Å². The molecule has 4 rings (SSSR count). The van der Waals surface area contributed by atoms with Gasteiger partial charge in [0.2, 0.25) is 0 Å². The lowest BCUT2D eigenvalue weighted by Gasteiger charge is -2.30. The first-order chi connectivity index (χ1) is 15.5. The Morgan fingerprint density at radius 2 is 1.75 bits per heavy atom. The summed E-state index contributed by atoms with van der Waals surface area (Å²) < 4.78 is 4.79. The number of hydrogen-bond donors (Lipinski definition) is 1. The van der Waals surface area contributed by atoms with Crippen molar-refractivity contribution < 1.29 is 19.1 Å². The number of carbonyl (C=O) groups is 3. The predicted molar refractivity (Wildman–Crippen MR) is 123 cm³/mol. The molecule has 2 amide bonds. The summed E-state index contributed by atoms with van der Waals surface area (Å²) in [6.45, 7) is 2.60.